The molecule has 18 heavy (non-hydrogen) atoms. The molecule has 0 spiro atoms. The van der Waals surface area contributed by atoms with Crippen LogP contribution in [0.25, 0.3) is 0 Å². The molecule has 102 valence electrons. The first-order chi connectivity index (χ1) is 8.58. The van der Waals surface area contributed by atoms with Crippen molar-refractivity contribution < 1.29 is 4.79 Å². The second-order valence-corrected chi connectivity index (χ2v) is 5.62. The van der Waals surface area contributed by atoms with Crippen molar-refractivity contribution in [3.8, 4) is 0 Å². The molecule has 0 aliphatic heterocycles. The minimum absolute atomic E-state index is 0.0448. The summed E-state index contributed by atoms with van der Waals surface area (Å²) in [7, 11) is 0. The Morgan fingerprint density at radius 2 is 2.22 bits per heavy atom. The first-order valence-electron chi connectivity index (χ1n) is 6.59. The van der Waals surface area contributed by atoms with Gasteiger partial charge in [-0.1, -0.05) is 44.4 Å². The number of hydrogen-bond acceptors (Lipinski definition) is 4. The van der Waals surface area contributed by atoms with Gasteiger partial charge in [0.05, 0.1) is 5.69 Å². The van der Waals surface area contributed by atoms with Crippen LogP contribution in [-0.2, 0) is 0 Å². The van der Waals surface area contributed by atoms with Crippen LogP contribution in [0.2, 0.25) is 0 Å². The minimum atomic E-state index is -0.0448. The number of anilines is 1. The third kappa shape index (κ3) is 4.29. The lowest BCUT2D eigenvalue weighted by Gasteiger charge is -2.14. The van der Waals surface area contributed by atoms with Crippen LogP contribution in [0, 0.1) is 12.8 Å². The van der Waals surface area contributed by atoms with Gasteiger partial charge in [0, 0.05) is 6.54 Å². The lowest BCUT2D eigenvalue weighted by molar-refractivity contribution is 0.0949. The zero-order valence-corrected chi connectivity index (χ0v) is 12.3. The fourth-order valence-corrected chi connectivity index (χ4v) is 2.64. The molecular formula is C13H23N3OS. The number of rotatable bonds is 7. The number of nitrogens with one attached hydrogen (secondary N) is 1. The molecule has 0 aliphatic carbocycles. The van der Waals surface area contributed by atoms with E-state index in [-0.39, 0.29) is 5.91 Å². The van der Waals surface area contributed by atoms with Crippen molar-refractivity contribution in [2.45, 2.75) is 46.5 Å². The largest absolute Gasteiger partial charge is 0.375 e. The molecular weight excluding hydrogens is 246 g/mol. The zero-order chi connectivity index (χ0) is 13.5. The van der Waals surface area contributed by atoms with E-state index in [9.17, 15) is 4.79 Å². The van der Waals surface area contributed by atoms with E-state index in [1.54, 1.807) is 0 Å². The standard InChI is InChI=1S/C13H23N3OS/c1-4-6-7-10(5-2)8-15-12(17)11-9(3)16-13(14)18-11/h10H,4-8H2,1-3H3,(H2,14,16)(H,15,17). The van der Waals surface area contributed by atoms with E-state index >= 15 is 0 Å². The molecule has 1 aromatic heterocycles. The highest BCUT2D eigenvalue weighted by Crippen LogP contribution is 2.19. The van der Waals surface area contributed by atoms with Crippen molar-refractivity contribution in [1.29, 1.82) is 0 Å². The van der Waals surface area contributed by atoms with E-state index < -0.39 is 0 Å². The maximum Gasteiger partial charge on any atom is 0.263 e. The second kappa shape index (κ2) is 7.36. The molecule has 1 atom stereocenters. The highest BCUT2D eigenvalue weighted by Gasteiger charge is 2.15. The van der Waals surface area contributed by atoms with Gasteiger partial charge in [-0.3, -0.25) is 4.79 Å². The van der Waals surface area contributed by atoms with Crippen molar-refractivity contribution in [3.05, 3.63) is 10.6 Å². The molecule has 0 aromatic carbocycles. The summed E-state index contributed by atoms with van der Waals surface area (Å²) in [5.74, 6) is 0.524. The third-order valence-electron chi connectivity index (χ3n) is 3.11. The monoisotopic (exact) mass is 269 g/mol. The Balaban J connectivity index is 2.47. The Kier molecular flexibility index (Phi) is 6.12. The Bertz CT molecular complexity index is 390. The van der Waals surface area contributed by atoms with Gasteiger partial charge in [-0.15, -0.1) is 0 Å². The predicted molar refractivity (Wildman–Crippen MR) is 76.9 cm³/mol. The molecule has 1 rings (SSSR count). The Labute approximate surface area is 113 Å². The average Bonchev–Trinajstić information content (AvgIpc) is 2.68. The maximum atomic E-state index is 12.0. The van der Waals surface area contributed by atoms with Gasteiger partial charge in [0.25, 0.3) is 5.91 Å². The highest BCUT2D eigenvalue weighted by molar-refractivity contribution is 7.17. The van der Waals surface area contributed by atoms with Crippen LogP contribution in [0.1, 0.15) is 54.9 Å². The van der Waals surface area contributed by atoms with Gasteiger partial charge in [0.2, 0.25) is 0 Å². The summed E-state index contributed by atoms with van der Waals surface area (Å²) in [6.07, 6.45) is 4.71. The molecule has 1 aromatic rings. The van der Waals surface area contributed by atoms with Gasteiger partial charge < -0.3 is 11.1 Å². The van der Waals surface area contributed by atoms with Gasteiger partial charge in [-0.2, -0.15) is 0 Å². The quantitative estimate of drug-likeness (QED) is 0.799. The lowest BCUT2D eigenvalue weighted by atomic mass is 9.99. The number of carbonyl (C=O) groups is 1. The molecule has 0 saturated carbocycles. The van der Waals surface area contributed by atoms with Gasteiger partial charge in [0.1, 0.15) is 4.88 Å². The molecule has 5 heteroatoms. The summed E-state index contributed by atoms with van der Waals surface area (Å²) in [5.41, 5.74) is 6.31. The summed E-state index contributed by atoms with van der Waals surface area (Å²) in [6, 6.07) is 0. The first kappa shape index (κ1) is 15.0. The summed E-state index contributed by atoms with van der Waals surface area (Å²) in [4.78, 5) is 16.7. The van der Waals surface area contributed by atoms with Gasteiger partial charge in [0.15, 0.2) is 5.13 Å². The Morgan fingerprint density at radius 1 is 1.50 bits per heavy atom. The van der Waals surface area contributed by atoms with Crippen molar-refractivity contribution in [2.24, 2.45) is 5.92 Å². The van der Waals surface area contributed by atoms with E-state index in [1.165, 1.54) is 30.6 Å². The number of unbranched alkanes of at least 4 members (excludes halogenated alkanes) is 1. The van der Waals surface area contributed by atoms with Crippen molar-refractivity contribution in [2.75, 3.05) is 12.3 Å². The fraction of sp³-hybridized carbons (Fsp3) is 0.692. The zero-order valence-electron chi connectivity index (χ0n) is 11.5. The van der Waals surface area contributed by atoms with E-state index in [0.29, 0.717) is 15.9 Å². The minimum Gasteiger partial charge on any atom is -0.375 e. The van der Waals surface area contributed by atoms with Crippen LogP contribution in [0.5, 0.6) is 0 Å². The summed E-state index contributed by atoms with van der Waals surface area (Å²) in [5, 5.41) is 3.44. The van der Waals surface area contributed by atoms with Crippen molar-refractivity contribution >= 4 is 22.4 Å². The van der Waals surface area contributed by atoms with Gasteiger partial charge >= 0.3 is 0 Å². The third-order valence-corrected chi connectivity index (χ3v) is 4.10. The number of aromatic nitrogens is 1. The van der Waals surface area contributed by atoms with Crippen LogP contribution in [-0.4, -0.2) is 17.4 Å². The molecule has 3 N–H and O–H groups in total. The normalized spacial score (nSPS) is 12.4. The predicted octanol–water partition coefficient (Wildman–Crippen LogP) is 2.98. The second-order valence-electron chi connectivity index (χ2n) is 4.59. The van der Waals surface area contributed by atoms with Crippen LogP contribution in [0.3, 0.4) is 0 Å². The van der Waals surface area contributed by atoms with Crippen LogP contribution < -0.4 is 11.1 Å². The molecule has 0 fully saturated rings. The topological polar surface area (TPSA) is 68.0 Å². The SMILES string of the molecule is CCCCC(CC)CNC(=O)c1sc(N)nc1C. The van der Waals surface area contributed by atoms with E-state index in [1.807, 2.05) is 6.92 Å². The number of nitrogens with zero attached hydrogens (tertiary/aromatic N) is 1. The molecule has 1 unspecified atom stereocenters. The first-order valence-corrected chi connectivity index (χ1v) is 7.41. The van der Waals surface area contributed by atoms with Crippen molar-refractivity contribution in [3.63, 3.8) is 0 Å². The van der Waals surface area contributed by atoms with Crippen molar-refractivity contribution in [1.82, 2.24) is 10.3 Å². The Hall–Kier alpha value is -1.10. The van der Waals surface area contributed by atoms with E-state index in [4.69, 9.17) is 5.73 Å². The maximum absolute atomic E-state index is 12.0. The van der Waals surface area contributed by atoms with Gasteiger partial charge in [-0.25, -0.2) is 4.98 Å². The van der Waals surface area contributed by atoms with E-state index in [2.05, 4.69) is 24.1 Å². The number of nitrogens with two attached hydrogens (primary N) is 1. The number of thiazole rings is 1. The fourth-order valence-electron chi connectivity index (χ4n) is 1.89. The van der Waals surface area contributed by atoms with E-state index in [0.717, 1.165) is 18.7 Å². The van der Waals surface area contributed by atoms with Gasteiger partial charge in [-0.05, 0) is 19.3 Å². The number of nitrogen functional groups attached to an aromatic ring is 1. The molecule has 1 heterocycles. The molecule has 0 saturated heterocycles. The average molecular weight is 269 g/mol. The van der Waals surface area contributed by atoms with Crippen LogP contribution in [0.15, 0.2) is 0 Å². The Morgan fingerprint density at radius 3 is 2.72 bits per heavy atom. The molecule has 1 amide bonds. The molecule has 0 radical (unpaired) electrons. The number of aryl methyl sites for hydroxylation is 1. The number of hydrogen-bond donors (Lipinski definition) is 2. The van der Waals surface area contributed by atoms with Crippen LogP contribution in [0.4, 0.5) is 5.13 Å². The smallest absolute Gasteiger partial charge is 0.263 e. The summed E-state index contributed by atoms with van der Waals surface area (Å²) < 4.78 is 0. The van der Waals surface area contributed by atoms with Crippen LogP contribution >= 0.6 is 11.3 Å². The molecule has 0 aliphatic rings. The molecule has 0 bridgehead atoms. The molecule has 4 nitrogen and oxygen atoms in total. The number of carbonyl (C=O) groups excluding carboxylic acids is 1. The summed E-state index contributed by atoms with van der Waals surface area (Å²) >= 11 is 1.25. The highest BCUT2D eigenvalue weighted by atomic mass is 32.1. The lowest BCUT2D eigenvalue weighted by Crippen LogP contribution is -2.29. The number of amides is 1. The summed E-state index contributed by atoms with van der Waals surface area (Å²) in [6.45, 7) is 6.92.